The zero-order valence-corrected chi connectivity index (χ0v) is 15.5. The van der Waals surface area contributed by atoms with Crippen LogP contribution >= 0.6 is 0 Å². The lowest BCUT2D eigenvalue weighted by atomic mass is 9.78. The smallest absolute Gasteiger partial charge is 0.239 e. The summed E-state index contributed by atoms with van der Waals surface area (Å²) in [5.41, 5.74) is 2.61. The first kappa shape index (κ1) is 18.7. The minimum absolute atomic E-state index is 0.162. The fourth-order valence-corrected chi connectivity index (χ4v) is 3.79. The van der Waals surface area contributed by atoms with Gasteiger partial charge in [0, 0.05) is 25.0 Å². The molecule has 1 atom stereocenters. The molecule has 0 aliphatic heterocycles. The van der Waals surface area contributed by atoms with E-state index >= 15 is 0 Å². The van der Waals surface area contributed by atoms with E-state index in [-0.39, 0.29) is 17.4 Å². The Labute approximate surface area is 147 Å². The highest BCUT2D eigenvalue weighted by Crippen LogP contribution is 2.40. The molecule has 1 aromatic rings. The van der Waals surface area contributed by atoms with Crippen molar-refractivity contribution in [3.63, 3.8) is 0 Å². The van der Waals surface area contributed by atoms with Crippen LogP contribution in [0.25, 0.3) is 0 Å². The summed E-state index contributed by atoms with van der Waals surface area (Å²) in [6.45, 7) is 12.1. The number of carbonyl (C=O) groups is 1. The Bertz CT molecular complexity index is 546. The molecule has 132 valence electrons. The lowest BCUT2D eigenvalue weighted by molar-refractivity contribution is -0.132. The zero-order chi connectivity index (χ0) is 17.6. The summed E-state index contributed by atoms with van der Waals surface area (Å²) < 4.78 is 0. The van der Waals surface area contributed by atoms with Crippen LogP contribution < -0.4 is 5.32 Å². The van der Waals surface area contributed by atoms with Crippen LogP contribution in [0.3, 0.4) is 0 Å². The predicted molar refractivity (Wildman–Crippen MR) is 101 cm³/mol. The second-order valence-corrected chi connectivity index (χ2v) is 7.27. The fraction of sp³-hybridized carbons (Fsp3) is 0.571. The van der Waals surface area contributed by atoms with Crippen molar-refractivity contribution in [1.29, 1.82) is 0 Å². The highest BCUT2D eigenvalue weighted by Gasteiger charge is 2.36. The molecule has 1 saturated carbocycles. The molecule has 2 rings (SSSR count). The quantitative estimate of drug-likeness (QED) is 0.734. The molecule has 0 aromatic heterocycles. The molecular weight excluding hydrogens is 296 g/mol. The molecule has 1 aromatic carbocycles. The van der Waals surface area contributed by atoms with E-state index < -0.39 is 0 Å². The van der Waals surface area contributed by atoms with Gasteiger partial charge in [-0.2, -0.15) is 0 Å². The molecule has 0 spiro atoms. The summed E-state index contributed by atoms with van der Waals surface area (Å²) in [4.78, 5) is 14.6. The van der Waals surface area contributed by atoms with Crippen LogP contribution in [0.4, 0.5) is 0 Å². The molecule has 0 saturated heterocycles. The third-order valence-electron chi connectivity index (χ3n) is 5.22. The predicted octanol–water partition coefficient (Wildman–Crippen LogP) is 3.90. The van der Waals surface area contributed by atoms with Gasteiger partial charge >= 0.3 is 0 Å². The maximum atomic E-state index is 12.7. The molecule has 0 heterocycles. The lowest BCUT2D eigenvalue weighted by Gasteiger charge is -2.32. The van der Waals surface area contributed by atoms with Crippen LogP contribution in [-0.2, 0) is 10.2 Å². The highest BCUT2D eigenvalue weighted by molar-refractivity contribution is 5.81. The molecule has 1 fully saturated rings. The molecule has 24 heavy (non-hydrogen) atoms. The molecule has 1 unspecified atom stereocenters. The van der Waals surface area contributed by atoms with Crippen molar-refractivity contribution in [1.82, 2.24) is 10.2 Å². The zero-order valence-electron chi connectivity index (χ0n) is 15.5. The van der Waals surface area contributed by atoms with Crippen molar-refractivity contribution in [2.45, 2.75) is 57.9 Å². The second-order valence-electron chi connectivity index (χ2n) is 7.27. The van der Waals surface area contributed by atoms with E-state index in [9.17, 15) is 4.79 Å². The topological polar surface area (TPSA) is 32.3 Å². The molecule has 1 aliphatic rings. The van der Waals surface area contributed by atoms with E-state index in [1.54, 1.807) is 0 Å². The van der Waals surface area contributed by atoms with Gasteiger partial charge in [0.25, 0.3) is 0 Å². The summed E-state index contributed by atoms with van der Waals surface area (Å²) >= 11 is 0. The van der Waals surface area contributed by atoms with Gasteiger partial charge in [0.05, 0.1) is 6.04 Å². The summed E-state index contributed by atoms with van der Waals surface area (Å²) in [7, 11) is 0. The summed E-state index contributed by atoms with van der Waals surface area (Å²) in [6, 6.07) is 10.6. The number of hydrogen-bond acceptors (Lipinski definition) is 2. The number of rotatable bonds is 8. The van der Waals surface area contributed by atoms with Crippen molar-refractivity contribution in [3.8, 4) is 0 Å². The number of carbonyl (C=O) groups excluding carboxylic acids is 1. The van der Waals surface area contributed by atoms with Gasteiger partial charge in [0.15, 0.2) is 0 Å². The lowest BCUT2D eigenvalue weighted by Crippen LogP contribution is -2.49. The first-order valence-electron chi connectivity index (χ1n) is 9.20. The van der Waals surface area contributed by atoms with Gasteiger partial charge in [0.1, 0.15) is 0 Å². The van der Waals surface area contributed by atoms with Gasteiger partial charge in [-0.25, -0.2) is 0 Å². The Morgan fingerprint density at radius 1 is 1.29 bits per heavy atom. The van der Waals surface area contributed by atoms with E-state index in [1.807, 2.05) is 25.7 Å². The van der Waals surface area contributed by atoms with Crippen LogP contribution in [0, 0.1) is 0 Å². The van der Waals surface area contributed by atoms with Crippen LogP contribution in [0.1, 0.15) is 52.0 Å². The highest BCUT2D eigenvalue weighted by atomic mass is 16.2. The number of nitrogens with one attached hydrogen (secondary N) is 1. The van der Waals surface area contributed by atoms with Crippen molar-refractivity contribution in [3.05, 3.63) is 48.0 Å². The Hall–Kier alpha value is -1.61. The van der Waals surface area contributed by atoms with Crippen molar-refractivity contribution in [2.75, 3.05) is 19.6 Å². The molecule has 0 radical (unpaired) electrons. The fourth-order valence-electron chi connectivity index (χ4n) is 3.79. The summed E-state index contributed by atoms with van der Waals surface area (Å²) in [5.74, 6) is 0.168. The summed E-state index contributed by atoms with van der Waals surface area (Å²) in [5, 5.41) is 3.53. The third-order valence-corrected chi connectivity index (χ3v) is 5.22. The van der Waals surface area contributed by atoms with Gasteiger partial charge < -0.3 is 10.2 Å². The average molecular weight is 329 g/mol. The first-order valence-corrected chi connectivity index (χ1v) is 9.20. The van der Waals surface area contributed by atoms with Crippen molar-refractivity contribution in [2.24, 2.45) is 0 Å². The van der Waals surface area contributed by atoms with Gasteiger partial charge in [0.2, 0.25) is 5.91 Å². The number of benzene rings is 1. The van der Waals surface area contributed by atoms with Gasteiger partial charge in [-0.15, -0.1) is 0 Å². The Balaban J connectivity index is 2.01. The SMILES string of the molecule is C=C(C)CN(CC)C(=O)C(C)NCC1(c2ccccc2)CCCC1. The maximum Gasteiger partial charge on any atom is 0.239 e. The minimum Gasteiger partial charge on any atom is -0.338 e. The van der Waals surface area contributed by atoms with E-state index in [1.165, 1.54) is 31.2 Å². The van der Waals surface area contributed by atoms with Crippen LogP contribution in [0.2, 0.25) is 0 Å². The third kappa shape index (κ3) is 4.47. The molecule has 3 heteroatoms. The van der Waals surface area contributed by atoms with Gasteiger partial charge in [-0.1, -0.05) is 55.3 Å². The molecule has 1 N–H and O–H groups in total. The Morgan fingerprint density at radius 2 is 1.92 bits per heavy atom. The average Bonchev–Trinajstić information content (AvgIpc) is 3.07. The Kier molecular flexibility index (Phi) is 6.61. The first-order chi connectivity index (χ1) is 11.5. The van der Waals surface area contributed by atoms with E-state index in [2.05, 4.69) is 42.2 Å². The van der Waals surface area contributed by atoms with E-state index in [0.29, 0.717) is 6.54 Å². The number of amides is 1. The normalized spacial score (nSPS) is 17.5. The van der Waals surface area contributed by atoms with Crippen molar-refractivity contribution < 1.29 is 4.79 Å². The monoisotopic (exact) mass is 328 g/mol. The molecule has 0 bridgehead atoms. The number of nitrogens with zero attached hydrogens (tertiary/aromatic N) is 1. The number of hydrogen-bond donors (Lipinski definition) is 1. The van der Waals surface area contributed by atoms with Gasteiger partial charge in [-0.3, -0.25) is 4.79 Å². The van der Waals surface area contributed by atoms with E-state index in [0.717, 1.165) is 18.7 Å². The van der Waals surface area contributed by atoms with E-state index in [4.69, 9.17) is 0 Å². The standard InChI is InChI=1S/C21H32N2O/c1-5-23(15-17(2)3)20(24)18(4)22-16-21(13-9-10-14-21)19-11-7-6-8-12-19/h6-8,11-12,18,22H,2,5,9-10,13-16H2,1,3-4H3. The van der Waals surface area contributed by atoms with Gasteiger partial charge in [-0.05, 0) is 39.2 Å². The molecular formula is C21H32N2O. The van der Waals surface area contributed by atoms with Crippen LogP contribution in [0.5, 0.6) is 0 Å². The summed E-state index contributed by atoms with van der Waals surface area (Å²) in [6.07, 6.45) is 4.95. The second kappa shape index (κ2) is 8.48. The number of likely N-dealkylation sites (N-methyl/N-ethyl adjacent to an activating group) is 1. The van der Waals surface area contributed by atoms with Crippen LogP contribution in [0.15, 0.2) is 42.5 Å². The Morgan fingerprint density at radius 3 is 2.46 bits per heavy atom. The molecule has 1 aliphatic carbocycles. The van der Waals surface area contributed by atoms with Crippen molar-refractivity contribution >= 4 is 5.91 Å². The molecule has 1 amide bonds. The van der Waals surface area contributed by atoms with Crippen LogP contribution in [-0.4, -0.2) is 36.5 Å². The largest absolute Gasteiger partial charge is 0.338 e. The minimum atomic E-state index is -0.162. The molecule has 3 nitrogen and oxygen atoms in total. The maximum absolute atomic E-state index is 12.7.